The van der Waals surface area contributed by atoms with Crippen molar-refractivity contribution < 1.29 is 4.74 Å². The molecule has 0 aliphatic rings. The monoisotopic (exact) mass is 253 g/mol. The number of rotatable bonds is 4. The van der Waals surface area contributed by atoms with Crippen molar-refractivity contribution in [3.63, 3.8) is 0 Å². The van der Waals surface area contributed by atoms with Crippen molar-refractivity contribution in [3.05, 3.63) is 60.3 Å². The van der Waals surface area contributed by atoms with Crippen LogP contribution >= 0.6 is 0 Å². The highest BCUT2D eigenvalue weighted by atomic mass is 16.5. The fraction of sp³-hybridized carbons (Fsp3) is 0.200. The summed E-state index contributed by atoms with van der Waals surface area (Å²) in [6.45, 7) is 2.61. The van der Waals surface area contributed by atoms with E-state index in [2.05, 4.69) is 16.9 Å². The average Bonchev–Trinajstić information content (AvgIpc) is 2.95. The summed E-state index contributed by atoms with van der Waals surface area (Å²) in [6.07, 6.45) is 6.22. The number of nitrogens with zero attached hydrogens (tertiary/aromatic N) is 3. The van der Waals surface area contributed by atoms with Crippen molar-refractivity contribution in [1.29, 1.82) is 0 Å². The lowest BCUT2D eigenvalue weighted by atomic mass is 10.2. The van der Waals surface area contributed by atoms with Gasteiger partial charge in [-0.2, -0.15) is 0 Å². The maximum absolute atomic E-state index is 5.82. The molecule has 19 heavy (non-hydrogen) atoms. The Morgan fingerprint density at radius 1 is 1.16 bits per heavy atom. The number of ether oxygens (including phenoxy) is 1. The zero-order valence-electron chi connectivity index (χ0n) is 10.8. The van der Waals surface area contributed by atoms with Crippen LogP contribution in [0.1, 0.15) is 18.2 Å². The normalized spacial score (nSPS) is 10.8. The lowest BCUT2D eigenvalue weighted by molar-refractivity contribution is 0.288. The van der Waals surface area contributed by atoms with E-state index in [1.54, 1.807) is 12.5 Å². The van der Waals surface area contributed by atoms with Crippen LogP contribution in [0, 0.1) is 0 Å². The third kappa shape index (κ3) is 2.29. The van der Waals surface area contributed by atoms with Gasteiger partial charge in [-0.25, -0.2) is 4.98 Å². The first-order valence-electron chi connectivity index (χ1n) is 6.35. The summed E-state index contributed by atoms with van der Waals surface area (Å²) in [5, 5.41) is 0. The zero-order chi connectivity index (χ0) is 13.1. The van der Waals surface area contributed by atoms with Crippen LogP contribution in [0.5, 0.6) is 5.88 Å². The summed E-state index contributed by atoms with van der Waals surface area (Å²) in [4.78, 5) is 8.59. The third-order valence-corrected chi connectivity index (χ3v) is 3.07. The van der Waals surface area contributed by atoms with Gasteiger partial charge in [-0.1, -0.05) is 37.3 Å². The summed E-state index contributed by atoms with van der Waals surface area (Å²) >= 11 is 0. The standard InChI is InChI=1S/C15H15N3O/c1-2-13-14-8-16-11-18(14)15(9-17-13)19-10-12-6-4-3-5-7-12/h3-9,11H,2,10H2,1H3. The Morgan fingerprint density at radius 3 is 2.79 bits per heavy atom. The van der Waals surface area contributed by atoms with Crippen LogP contribution in [0.25, 0.3) is 5.52 Å². The molecule has 0 radical (unpaired) electrons. The number of benzene rings is 1. The van der Waals surface area contributed by atoms with Crippen molar-refractivity contribution in [3.8, 4) is 5.88 Å². The molecule has 3 aromatic rings. The first kappa shape index (κ1) is 11.7. The van der Waals surface area contributed by atoms with Gasteiger partial charge in [0.1, 0.15) is 12.9 Å². The van der Waals surface area contributed by atoms with Crippen molar-refractivity contribution in [1.82, 2.24) is 14.4 Å². The quantitative estimate of drug-likeness (QED) is 0.717. The molecule has 0 aliphatic carbocycles. The van der Waals surface area contributed by atoms with Gasteiger partial charge in [0.25, 0.3) is 0 Å². The van der Waals surface area contributed by atoms with Gasteiger partial charge in [-0.3, -0.25) is 9.38 Å². The molecule has 0 N–H and O–H groups in total. The minimum atomic E-state index is 0.529. The molecule has 0 amide bonds. The molecule has 4 nitrogen and oxygen atoms in total. The summed E-state index contributed by atoms with van der Waals surface area (Å²) in [7, 11) is 0. The summed E-state index contributed by atoms with van der Waals surface area (Å²) in [6, 6.07) is 10.1. The molecular weight excluding hydrogens is 238 g/mol. The topological polar surface area (TPSA) is 39.4 Å². The summed E-state index contributed by atoms with van der Waals surface area (Å²) < 4.78 is 7.76. The van der Waals surface area contributed by atoms with Crippen LogP contribution in [0.4, 0.5) is 0 Å². The molecule has 0 aliphatic heterocycles. The SMILES string of the molecule is CCc1ncc(OCc2ccccc2)n2cncc12. The van der Waals surface area contributed by atoms with Crippen LogP contribution in [0.3, 0.4) is 0 Å². The molecule has 1 aromatic carbocycles. The fourth-order valence-electron chi connectivity index (χ4n) is 2.06. The van der Waals surface area contributed by atoms with Crippen LogP contribution in [-0.4, -0.2) is 14.4 Å². The van der Waals surface area contributed by atoms with E-state index in [9.17, 15) is 0 Å². The van der Waals surface area contributed by atoms with E-state index in [4.69, 9.17) is 4.74 Å². The second kappa shape index (κ2) is 5.10. The van der Waals surface area contributed by atoms with E-state index in [1.807, 2.05) is 40.9 Å². The molecule has 0 saturated heterocycles. The third-order valence-electron chi connectivity index (χ3n) is 3.07. The van der Waals surface area contributed by atoms with Crippen molar-refractivity contribution in [2.75, 3.05) is 0 Å². The number of imidazole rings is 1. The first-order valence-corrected chi connectivity index (χ1v) is 6.35. The van der Waals surface area contributed by atoms with Crippen molar-refractivity contribution >= 4 is 5.52 Å². The van der Waals surface area contributed by atoms with E-state index in [0.29, 0.717) is 12.5 Å². The van der Waals surface area contributed by atoms with Crippen LogP contribution in [0.15, 0.2) is 49.1 Å². The lowest BCUT2D eigenvalue weighted by Gasteiger charge is -2.09. The van der Waals surface area contributed by atoms with Crippen LogP contribution in [-0.2, 0) is 13.0 Å². The Morgan fingerprint density at radius 2 is 2.00 bits per heavy atom. The summed E-state index contributed by atoms with van der Waals surface area (Å²) in [5.41, 5.74) is 3.17. The number of fused-ring (bicyclic) bond motifs is 1. The Kier molecular flexibility index (Phi) is 3.14. The predicted molar refractivity (Wildman–Crippen MR) is 73.1 cm³/mol. The van der Waals surface area contributed by atoms with Gasteiger partial charge in [0.05, 0.1) is 23.6 Å². The molecule has 4 heteroatoms. The highest BCUT2D eigenvalue weighted by molar-refractivity contribution is 5.51. The van der Waals surface area contributed by atoms with Crippen molar-refractivity contribution in [2.45, 2.75) is 20.0 Å². The Hall–Kier alpha value is -2.36. The Balaban J connectivity index is 1.87. The minimum absolute atomic E-state index is 0.529. The fourth-order valence-corrected chi connectivity index (χ4v) is 2.06. The number of aryl methyl sites for hydroxylation is 1. The molecule has 0 atom stereocenters. The Bertz CT molecular complexity index is 676. The molecule has 0 unspecified atom stereocenters. The van der Waals surface area contributed by atoms with Gasteiger partial charge >= 0.3 is 0 Å². The van der Waals surface area contributed by atoms with Gasteiger partial charge in [0.2, 0.25) is 5.88 Å². The number of aromatic nitrogens is 3. The zero-order valence-corrected chi connectivity index (χ0v) is 10.8. The number of hydrogen-bond acceptors (Lipinski definition) is 3. The van der Waals surface area contributed by atoms with E-state index < -0.39 is 0 Å². The first-order chi connectivity index (χ1) is 9.38. The highest BCUT2D eigenvalue weighted by Crippen LogP contribution is 2.17. The maximum Gasteiger partial charge on any atom is 0.218 e. The second-order valence-electron chi connectivity index (χ2n) is 4.32. The van der Waals surface area contributed by atoms with Gasteiger partial charge in [0, 0.05) is 0 Å². The molecular formula is C15H15N3O. The van der Waals surface area contributed by atoms with E-state index in [0.717, 1.165) is 23.2 Å². The smallest absolute Gasteiger partial charge is 0.218 e. The lowest BCUT2D eigenvalue weighted by Crippen LogP contribution is -2.02. The van der Waals surface area contributed by atoms with Gasteiger partial charge in [0.15, 0.2) is 0 Å². The maximum atomic E-state index is 5.82. The minimum Gasteiger partial charge on any atom is -0.473 e. The van der Waals surface area contributed by atoms with Crippen LogP contribution in [0.2, 0.25) is 0 Å². The molecule has 96 valence electrons. The largest absolute Gasteiger partial charge is 0.473 e. The van der Waals surface area contributed by atoms with E-state index >= 15 is 0 Å². The predicted octanol–water partition coefficient (Wildman–Crippen LogP) is 2.87. The molecule has 3 rings (SSSR count). The highest BCUT2D eigenvalue weighted by Gasteiger charge is 2.07. The van der Waals surface area contributed by atoms with Gasteiger partial charge in [-0.15, -0.1) is 0 Å². The molecule has 0 spiro atoms. The molecule has 0 bridgehead atoms. The molecule has 0 fully saturated rings. The number of hydrogen-bond donors (Lipinski definition) is 0. The van der Waals surface area contributed by atoms with E-state index in [-0.39, 0.29) is 0 Å². The van der Waals surface area contributed by atoms with Crippen molar-refractivity contribution in [2.24, 2.45) is 0 Å². The molecule has 0 saturated carbocycles. The van der Waals surface area contributed by atoms with E-state index in [1.165, 1.54) is 0 Å². The van der Waals surface area contributed by atoms with Gasteiger partial charge < -0.3 is 4.74 Å². The summed E-state index contributed by atoms with van der Waals surface area (Å²) in [5.74, 6) is 0.716. The average molecular weight is 253 g/mol. The Labute approximate surface area is 111 Å². The second-order valence-corrected chi connectivity index (χ2v) is 4.32. The van der Waals surface area contributed by atoms with Gasteiger partial charge in [-0.05, 0) is 12.0 Å². The van der Waals surface area contributed by atoms with Crippen LogP contribution < -0.4 is 4.74 Å². The molecule has 2 heterocycles. The molecule has 2 aromatic heterocycles.